The molecule has 3 rings (SSSR count). The van der Waals surface area contributed by atoms with Gasteiger partial charge in [0.2, 0.25) is 10.0 Å². The summed E-state index contributed by atoms with van der Waals surface area (Å²) in [7, 11) is -3.48. The topological polar surface area (TPSA) is 46.6 Å². The Balaban J connectivity index is 1.77. The fourth-order valence-electron chi connectivity index (χ4n) is 2.71. The highest BCUT2D eigenvalue weighted by atomic mass is 79.9. The van der Waals surface area contributed by atoms with E-state index >= 15 is 0 Å². The van der Waals surface area contributed by atoms with Crippen molar-refractivity contribution in [3.63, 3.8) is 0 Å². The monoisotopic (exact) mass is 363 g/mol. The summed E-state index contributed by atoms with van der Waals surface area (Å²) in [4.78, 5) is 0. The van der Waals surface area contributed by atoms with Crippen LogP contribution < -0.4 is 0 Å². The first-order valence-corrected chi connectivity index (χ1v) is 8.81. The van der Waals surface area contributed by atoms with Gasteiger partial charge >= 0.3 is 0 Å². The van der Waals surface area contributed by atoms with E-state index in [1.54, 1.807) is 12.1 Å². The van der Waals surface area contributed by atoms with Gasteiger partial charge in [-0.2, -0.15) is 0 Å². The number of rotatable bonds is 3. The summed E-state index contributed by atoms with van der Waals surface area (Å²) in [5.41, 5.74) is 0.202. The lowest BCUT2D eigenvalue weighted by Crippen LogP contribution is -2.45. The van der Waals surface area contributed by atoms with Gasteiger partial charge in [-0.1, -0.05) is 12.1 Å². The maximum Gasteiger partial charge on any atom is 0.218 e. The van der Waals surface area contributed by atoms with Crippen LogP contribution in [0.2, 0.25) is 0 Å². The summed E-state index contributed by atoms with van der Waals surface area (Å²) in [5, 5.41) is 0. The van der Waals surface area contributed by atoms with Gasteiger partial charge in [0, 0.05) is 24.1 Å². The van der Waals surface area contributed by atoms with Crippen LogP contribution in [0.3, 0.4) is 0 Å². The van der Waals surface area contributed by atoms with E-state index in [9.17, 15) is 12.8 Å². The highest BCUT2D eigenvalue weighted by Gasteiger charge is 2.47. The highest BCUT2D eigenvalue weighted by molar-refractivity contribution is 9.10. The fourth-order valence-corrected chi connectivity index (χ4v) is 4.75. The molecule has 0 atom stereocenters. The molecule has 0 aromatic heterocycles. The second-order valence-corrected chi connectivity index (χ2v) is 8.37. The van der Waals surface area contributed by atoms with Crippen LogP contribution in [0.1, 0.15) is 12.0 Å². The minimum absolute atomic E-state index is 0.00286. The van der Waals surface area contributed by atoms with Crippen LogP contribution in [-0.2, 0) is 20.5 Å². The highest BCUT2D eigenvalue weighted by Crippen LogP contribution is 2.39. The van der Waals surface area contributed by atoms with E-state index in [1.807, 2.05) is 0 Å². The Labute approximate surface area is 126 Å². The number of nitrogens with zero attached hydrogens (tertiary/aromatic N) is 1. The molecule has 2 aliphatic heterocycles. The number of benzene rings is 1. The van der Waals surface area contributed by atoms with Gasteiger partial charge in [0.15, 0.2) is 0 Å². The predicted molar refractivity (Wildman–Crippen MR) is 76.2 cm³/mol. The van der Waals surface area contributed by atoms with Crippen molar-refractivity contribution in [1.29, 1.82) is 0 Å². The molecular weight excluding hydrogens is 349 g/mol. The number of sulfonamides is 1. The van der Waals surface area contributed by atoms with E-state index in [-0.39, 0.29) is 21.2 Å². The number of hydrogen-bond acceptors (Lipinski definition) is 3. The second-order valence-electron chi connectivity index (χ2n) is 5.55. The number of halogens is 2. The zero-order valence-electron chi connectivity index (χ0n) is 10.8. The molecule has 7 heteroatoms. The third-order valence-corrected chi connectivity index (χ3v) is 6.37. The SMILES string of the molecule is O=S(=O)(Cc1cccc(Br)c1F)N1CCC2(COC2)C1. The third kappa shape index (κ3) is 2.52. The van der Waals surface area contributed by atoms with Crippen LogP contribution in [0.4, 0.5) is 4.39 Å². The first-order chi connectivity index (χ1) is 9.42. The van der Waals surface area contributed by atoms with Crippen molar-refractivity contribution < 1.29 is 17.5 Å². The maximum absolute atomic E-state index is 13.9. The van der Waals surface area contributed by atoms with Gasteiger partial charge in [-0.25, -0.2) is 17.1 Å². The molecule has 0 bridgehead atoms. The summed E-state index contributed by atoms with van der Waals surface area (Å²) in [5.74, 6) is -0.799. The zero-order valence-corrected chi connectivity index (χ0v) is 13.2. The summed E-state index contributed by atoms with van der Waals surface area (Å²) in [6, 6.07) is 4.71. The van der Waals surface area contributed by atoms with E-state index in [0.29, 0.717) is 26.3 Å². The quantitative estimate of drug-likeness (QED) is 0.826. The van der Waals surface area contributed by atoms with E-state index in [1.165, 1.54) is 10.4 Å². The molecule has 1 spiro atoms. The maximum atomic E-state index is 13.9. The number of ether oxygens (including phenoxy) is 1. The Bertz CT molecular complexity index is 631. The Hall–Kier alpha value is -0.500. The summed E-state index contributed by atoms with van der Waals surface area (Å²) >= 11 is 3.08. The van der Waals surface area contributed by atoms with Crippen LogP contribution in [0, 0.1) is 11.2 Å². The minimum atomic E-state index is -3.48. The molecule has 0 unspecified atom stereocenters. The van der Waals surface area contributed by atoms with Crippen molar-refractivity contribution in [2.45, 2.75) is 12.2 Å². The number of hydrogen-bond donors (Lipinski definition) is 0. The fraction of sp³-hybridized carbons (Fsp3) is 0.538. The second kappa shape index (κ2) is 5.05. The van der Waals surface area contributed by atoms with Crippen LogP contribution in [0.5, 0.6) is 0 Å². The van der Waals surface area contributed by atoms with Gasteiger partial charge in [-0.15, -0.1) is 0 Å². The molecule has 4 nitrogen and oxygen atoms in total. The molecule has 20 heavy (non-hydrogen) atoms. The Morgan fingerprint density at radius 1 is 1.40 bits per heavy atom. The summed E-state index contributed by atoms with van der Waals surface area (Å²) in [6.07, 6.45) is 0.827. The van der Waals surface area contributed by atoms with Gasteiger partial charge in [0.25, 0.3) is 0 Å². The van der Waals surface area contributed by atoms with Crippen molar-refractivity contribution in [2.75, 3.05) is 26.3 Å². The molecule has 0 amide bonds. The summed E-state index contributed by atoms with van der Waals surface area (Å²) < 4.78 is 45.6. The normalized spacial score (nSPS) is 22.1. The molecule has 2 heterocycles. The third-order valence-electron chi connectivity index (χ3n) is 3.98. The molecule has 0 radical (unpaired) electrons. The molecule has 2 aliphatic rings. The van der Waals surface area contributed by atoms with Crippen molar-refractivity contribution in [1.82, 2.24) is 4.31 Å². The molecule has 0 aliphatic carbocycles. The van der Waals surface area contributed by atoms with Gasteiger partial charge in [0.1, 0.15) is 5.82 Å². The van der Waals surface area contributed by atoms with Crippen LogP contribution in [0.25, 0.3) is 0 Å². The average molecular weight is 364 g/mol. The van der Waals surface area contributed by atoms with Gasteiger partial charge in [0.05, 0.1) is 23.4 Å². The Kier molecular flexibility index (Phi) is 3.64. The van der Waals surface area contributed by atoms with Crippen molar-refractivity contribution in [3.8, 4) is 0 Å². The van der Waals surface area contributed by atoms with Gasteiger partial charge in [-0.05, 0) is 28.4 Å². The zero-order chi connectivity index (χ0) is 14.4. The molecule has 0 N–H and O–H groups in total. The lowest BCUT2D eigenvalue weighted by Gasteiger charge is -2.37. The minimum Gasteiger partial charge on any atom is -0.380 e. The standard InChI is InChI=1S/C13H15BrFNO3S/c14-11-3-1-2-10(12(11)15)6-20(17,18)16-5-4-13(7-16)8-19-9-13/h1-3H,4-9H2. The Morgan fingerprint density at radius 3 is 2.75 bits per heavy atom. The molecule has 0 saturated carbocycles. The molecular formula is C13H15BrFNO3S. The largest absolute Gasteiger partial charge is 0.380 e. The van der Waals surface area contributed by atoms with E-state index in [2.05, 4.69) is 15.9 Å². The molecule has 2 fully saturated rings. The van der Waals surface area contributed by atoms with Crippen LogP contribution in [-0.4, -0.2) is 39.0 Å². The van der Waals surface area contributed by atoms with Crippen molar-refractivity contribution in [2.24, 2.45) is 5.41 Å². The lowest BCUT2D eigenvalue weighted by molar-refractivity contribution is -0.102. The van der Waals surface area contributed by atoms with Crippen LogP contribution in [0.15, 0.2) is 22.7 Å². The van der Waals surface area contributed by atoms with E-state index < -0.39 is 15.8 Å². The first-order valence-electron chi connectivity index (χ1n) is 6.40. The summed E-state index contributed by atoms with van der Waals surface area (Å²) in [6.45, 7) is 2.25. The predicted octanol–water partition coefficient (Wildman–Crippen LogP) is 2.14. The first kappa shape index (κ1) is 14.4. The van der Waals surface area contributed by atoms with E-state index in [0.717, 1.165) is 6.42 Å². The van der Waals surface area contributed by atoms with Gasteiger partial charge < -0.3 is 4.74 Å². The molecule has 1 aromatic carbocycles. The Morgan fingerprint density at radius 2 is 2.15 bits per heavy atom. The average Bonchev–Trinajstić information content (AvgIpc) is 2.81. The molecule has 1 aromatic rings. The van der Waals surface area contributed by atoms with Crippen molar-refractivity contribution >= 4 is 26.0 Å². The van der Waals surface area contributed by atoms with Crippen molar-refractivity contribution in [3.05, 3.63) is 34.1 Å². The molecule has 2 saturated heterocycles. The van der Waals surface area contributed by atoms with Gasteiger partial charge in [-0.3, -0.25) is 0 Å². The van der Waals surface area contributed by atoms with E-state index in [4.69, 9.17) is 4.74 Å². The smallest absolute Gasteiger partial charge is 0.218 e. The molecule has 110 valence electrons. The lowest BCUT2D eigenvalue weighted by atomic mass is 9.86. The van der Waals surface area contributed by atoms with Crippen LogP contribution >= 0.6 is 15.9 Å².